The number of amides is 1. The van der Waals surface area contributed by atoms with Crippen LogP contribution >= 0.6 is 0 Å². The molecular formula is C14H20N2O4. The van der Waals surface area contributed by atoms with Gasteiger partial charge in [0.25, 0.3) is 5.91 Å². The average Bonchev–Trinajstić information content (AvgIpc) is 2.40. The number of carboxylic acids is 1. The summed E-state index contributed by atoms with van der Waals surface area (Å²) in [6, 6.07) is 2.75. The van der Waals surface area contributed by atoms with Crippen LogP contribution in [-0.2, 0) is 11.8 Å². The Morgan fingerprint density at radius 1 is 1.30 bits per heavy atom. The minimum Gasteiger partial charge on any atom is -0.481 e. The molecule has 6 heteroatoms. The third kappa shape index (κ3) is 3.69. The van der Waals surface area contributed by atoms with Gasteiger partial charge in [0.15, 0.2) is 0 Å². The van der Waals surface area contributed by atoms with Crippen molar-refractivity contribution in [2.24, 2.45) is 7.05 Å². The van der Waals surface area contributed by atoms with Crippen molar-refractivity contribution < 1.29 is 14.7 Å². The molecule has 0 aromatic carbocycles. The smallest absolute Gasteiger partial charge is 0.305 e. The molecule has 0 spiro atoms. The molecule has 0 aliphatic rings. The lowest BCUT2D eigenvalue weighted by Crippen LogP contribution is -2.49. The van der Waals surface area contributed by atoms with Crippen LogP contribution in [0.15, 0.2) is 23.1 Å². The van der Waals surface area contributed by atoms with Gasteiger partial charge in [0.05, 0.1) is 17.5 Å². The van der Waals surface area contributed by atoms with Crippen molar-refractivity contribution in [1.82, 2.24) is 9.88 Å². The fraction of sp³-hybridized carbons (Fsp3) is 0.500. The van der Waals surface area contributed by atoms with Gasteiger partial charge in [0, 0.05) is 19.3 Å². The number of hydrogen-bond donors (Lipinski definition) is 2. The summed E-state index contributed by atoms with van der Waals surface area (Å²) in [5.41, 5.74) is -0.634. The molecule has 0 fully saturated rings. The molecule has 0 aliphatic carbocycles. The van der Waals surface area contributed by atoms with Gasteiger partial charge in [-0.1, -0.05) is 13.8 Å². The first-order valence-electron chi connectivity index (χ1n) is 6.54. The second kappa shape index (κ2) is 6.36. The predicted molar refractivity (Wildman–Crippen MR) is 74.7 cm³/mol. The van der Waals surface area contributed by atoms with Crippen LogP contribution in [0.3, 0.4) is 0 Å². The molecule has 0 radical (unpaired) electrons. The maximum atomic E-state index is 12.2. The number of hydrogen-bond acceptors (Lipinski definition) is 3. The van der Waals surface area contributed by atoms with Crippen LogP contribution in [0.5, 0.6) is 0 Å². The van der Waals surface area contributed by atoms with Crippen molar-refractivity contribution in [2.75, 3.05) is 0 Å². The normalized spacial score (nSPS) is 11.2. The fourth-order valence-corrected chi connectivity index (χ4v) is 2.05. The van der Waals surface area contributed by atoms with E-state index in [0.717, 1.165) is 0 Å². The fourth-order valence-electron chi connectivity index (χ4n) is 2.05. The SMILES string of the molecule is CCC(CC)(CC(=O)O)NC(=O)c1ccc(=O)n(C)c1. The van der Waals surface area contributed by atoms with Gasteiger partial charge in [0.2, 0.25) is 5.56 Å². The van der Waals surface area contributed by atoms with Crippen LogP contribution in [0.2, 0.25) is 0 Å². The van der Waals surface area contributed by atoms with Crippen molar-refractivity contribution in [1.29, 1.82) is 0 Å². The van der Waals surface area contributed by atoms with Crippen molar-refractivity contribution in [3.05, 3.63) is 34.2 Å². The highest BCUT2D eigenvalue weighted by Crippen LogP contribution is 2.20. The summed E-state index contributed by atoms with van der Waals surface area (Å²) in [6.07, 6.45) is 2.35. The van der Waals surface area contributed by atoms with Gasteiger partial charge in [-0.2, -0.15) is 0 Å². The highest BCUT2D eigenvalue weighted by Gasteiger charge is 2.31. The van der Waals surface area contributed by atoms with E-state index in [0.29, 0.717) is 18.4 Å². The van der Waals surface area contributed by atoms with Gasteiger partial charge in [0.1, 0.15) is 0 Å². The number of aromatic nitrogens is 1. The summed E-state index contributed by atoms with van der Waals surface area (Å²) in [5.74, 6) is -1.32. The minimum atomic E-state index is -0.950. The van der Waals surface area contributed by atoms with Crippen LogP contribution in [0.1, 0.15) is 43.5 Å². The molecule has 110 valence electrons. The molecule has 6 nitrogen and oxygen atoms in total. The number of pyridine rings is 1. The molecule has 20 heavy (non-hydrogen) atoms. The molecule has 0 atom stereocenters. The number of nitrogens with one attached hydrogen (secondary N) is 1. The summed E-state index contributed by atoms with van der Waals surface area (Å²) >= 11 is 0. The van der Waals surface area contributed by atoms with Crippen LogP contribution in [-0.4, -0.2) is 27.1 Å². The molecule has 1 heterocycles. The molecule has 0 saturated carbocycles. The Balaban J connectivity index is 2.98. The molecule has 2 N–H and O–H groups in total. The van der Waals surface area contributed by atoms with Crippen LogP contribution in [0, 0.1) is 0 Å². The number of rotatable bonds is 6. The third-order valence-corrected chi connectivity index (χ3v) is 3.57. The van der Waals surface area contributed by atoms with E-state index in [1.165, 1.54) is 22.9 Å². The lowest BCUT2D eigenvalue weighted by atomic mass is 9.88. The Hall–Kier alpha value is -2.11. The highest BCUT2D eigenvalue weighted by atomic mass is 16.4. The van der Waals surface area contributed by atoms with E-state index in [1.807, 2.05) is 13.8 Å². The van der Waals surface area contributed by atoms with Crippen LogP contribution in [0.25, 0.3) is 0 Å². The van der Waals surface area contributed by atoms with Gasteiger partial charge < -0.3 is 15.0 Å². The Labute approximate surface area is 117 Å². The van der Waals surface area contributed by atoms with E-state index >= 15 is 0 Å². The Morgan fingerprint density at radius 2 is 1.90 bits per heavy atom. The maximum Gasteiger partial charge on any atom is 0.305 e. The molecule has 0 bridgehead atoms. The van der Waals surface area contributed by atoms with Crippen molar-refractivity contribution >= 4 is 11.9 Å². The first-order chi connectivity index (χ1) is 9.33. The molecular weight excluding hydrogens is 260 g/mol. The zero-order chi connectivity index (χ0) is 15.3. The largest absolute Gasteiger partial charge is 0.481 e. The first-order valence-corrected chi connectivity index (χ1v) is 6.54. The number of nitrogens with zero attached hydrogens (tertiary/aromatic N) is 1. The number of carbonyl (C=O) groups excluding carboxylic acids is 1. The second-order valence-corrected chi connectivity index (χ2v) is 4.88. The number of carbonyl (C=O) groups is 2. The molecule has 0 aliphatic heterocycles. The second-order valence-electron chi connectivity index (χ2n) is 4.88. The van der Waals surface area contributed by atoms with Crippen LogP contribution in [0.4, 0.5) is 0 Å². The molecule has 1 amide bonds. The topological polar surface area (TPSA) is 88.4 Å². The van der Waals surface area contributed by atoms with Gasteiger partial charge in [-0.15, -0.1) is 0 Å². The minimum absolute atomic E-state index is 0.127. The monoisotopic (exact) mass is 280 g/mol. The van der Waals surface area contributed by atoms with E-state index in [4.69, 9.17) is 5.11 Å². The van der Waals surface area contributed by atoms with Gasteiger partial charge in [-0.25, -0.2) is 0 Å². The van der Waals surface area contributed by atoms with E-state index in [9.17, 15) is 14.4 Å². The molecule has 1 aromatic rings. The number of aliphatic carboxylic acids is 1. The molecule has 1 aromatic heterocycles. The van der Waals surface area contributed by atoms with Gasteiger partial charge in [-0.05, 0) is 18.9 Å². The van der Waals surface area contributed by atoms with E-state index in [2.05, 4.69) is 5.32 Å². The summed E-state index contributed by atoms with van der Waals surface area (Å²) in [4.78, 5) is 34.4. The van der Waals surface area contributed by atoms with E-state index in [-0.39, 0.29) is 17.9 Å². The highest BCUT2D eigenvalue weighted by molar-refractivity contribution is 5.94. The summed E-state index contributed by atoms with van der Waals surface area (Å²) in [6.45, 7) is 3.68. The molecule has 0 saturated heterocycles. The third-order valence-electron chi connectivity index (χ3n) is 3.57. The van der Waals surface area contributed by atoms with Crippen molar-refractivity contribution in [2.45, 2.75) is 38.6 Å². The van der Waals surface area contributed by atoms with Crippen LogP contribution < -0.4 is 10.9 Å². The molecule has 1 rings (SSSR count). The lowest BCUT2D eigenvalue weighted by Gasteiger charge is -2.31. The van der Waals surface area contributed by atoms with Gasteiger partial charge >= 0.3 is 5.97 Å². The zero-order valence-corrected chi connectivity index (χ0v) is 12.0. The summed E-state index contributed by atoms with van der Waals surface area (Å²) < 4.78 is 1.31. The lowest BCUT2D eigenvalue weighted by molar-refractivity contribution is -0.138. The summed E-state index contributed by atoms with van der Waals surface area (Å²) in [5, 5.41) is 11.8. The zero-order valence-electron chi connectivity index (χ0n) is 12.0. The average molecular weight is 280 g/mol. The predicted octanol–water partition coefficient (Wildman–Crippen LogP) is 1.15. The Kier molecular flexibility index (Phi) is 5.07. The van der Waals surface area contributed by atoms with Crippen molar-refractivity contribution in [3.63, 3.8) is 0 Å². The first kappa shape index (κ1) is 15.9. The van der Waals surface area contributed by atoms with E-state index in [1.54, 1.807) is 7.05 Å². The number of aryl methyl sites for hydroxylation is 1. The Morgan fingerprint density at radius 3 is 2.35 bits per heavy atom. The van der Waals surface area contributed by atoms with Crippen molar-refractivity contribution in [3.8, 4) is 0 Å². The quantitative estimate of drug-likeness (QED) is 0.818. The Bertz CT molecular complexity index is 559. The number of carboxylic acid groups (broad SMARTS) is 1. The standard InChI is InChI=1S/C14H20N2O4/c1-4-14(5-2,8-12(18)19)15-13(20)10-6-7-11(17)16(3)9-10/h6-7,9H,4-5,8H2,1-3H3,(H,15,20)(H,18,19). The molecule has 0 unspecified atom stereocenters. The van der Waals surface area contributed by atoms with E-state index < -0.39 is 11.5 Å². The van der Waals surface area contributed by atoms with Gasteiger partial charge in [-0.3, -0.25) is 14.4 Å². The summed E-state index contributed by atoms with van der Waals surface area (Å²) in [7, 11) is 1.56. The maximum absolute atomic E-state index is 12.2.